The Morgan fingerprint density at radius 1 is 0.591 bits per heavy atom. The van der Waals surface area contributed by atoms with Crippen molar-refractivity contribution in [2.45, 2.75) is 25.7 Å². The maximum Gasteiger partial charge on any atom is 0.118 e. The summed E-state index contributed by atoms with van der Waals surface area (Å²) >= 11 is 0. The van der Waals surface area contributed by atoms with Crippen LogP contribution >= 0.6 is 0 Å². The molecule has 0 spiro atoms. The zero-order chi connectivity index (χ0) is 15.7. The van der Waals surface area contributed by atoms with Crippen molar-refractivity contribution >= 4 is 0 Å². The summed E-state index contributed by atoms with van der Waals surface area (Å²) in [6.45, 7) is 4.72. The molecule has 22 heavy (non-hydrogen) atoms. The van der Waals surface area contributed by atoms with Crippen LogP contribution in [0.1, 0.15) is 36.8 Å². The van der Waals surface area contributed by atoms with Crippen molar-refractivity contribution in [3.05, 3.63) is 59.7 Å². The zero-order valence-corrected chi connectivity index (χ0v) is 13.7. The summed E-state index contributed by atoms with van der Waals surface area (Å²) in [6, 6.07) is 17.1. The first-order chi connectivity index (χ1) is 10.7. The molecule has 1 aliphatic rings. The van der Waals surface area contributed by atoms with Crippen LogP contribution in [0, 0.1) is 11.8 Å². The molecule has 0 heterocycles. The van der Waals surface area contributed by atoms with Gasteiger partial charge in [-0.2, -0.15) is 0 Å². The molecule has 1 aliphatic carbocycles. The van der Waals surface area contributed by atoms with E-state index in [1.807, 2.05) is 0 Å². The van der Waals surface area contributed by atoms with Gasteiger partial charge in [-0.1, -0.05) is 38.1 Å². The predicted octanol–water partition coefficient (Wildman–Crippen LogP) is 4.86. The number of hydrogen-bond acceptors (Lipinski definition) is 2. The maximum atomic E-state index is 5.27. The summed E-state index contributed by atoms with van der Waals surface area (Å²) in [6.07, 6.45) is 0. The summed E-state index contributed by atoms with van der Waals surface area (Å²) in [5.41, 5.74) is 2.82. The van der Waals surface area contributed by atoms with E-state index in [0.29, 0.717) is 23.7 Å². The molecule has 2 aromatic rings. The van der Waals surface area contributed by atoms with Crippen LogP contribution in [-0.4, -0.2) is 14.2 Å². The Labute approximate surface area is 133 Å². The van der Waals surface area contributed by atoms with Gasteiger partial charge in [0.2, 0.25) is 0 Å². The van der Waals surface area contributed by atoms with E-state index in [2.05, 4.69) is 62.4 Å². The average molecular weight is 296 g/mol. The quantitative estimate of drug-likeness (QED) is 0.802. The van der Waals surface area contributed by atoms with Gasteiger partial charge in [0.1, 0.15) is 11.5 Å². The lowest BCUT2D eigenvalue weighted by Crippen LogP contribution is -2.39. The lowest BCUT2D eigenvalue weighted by molar-refractivity contribution is 0.122. The van der Waals surface area contributed by atoms with E-state index in [1.54, 1.807) is 14.2 Å². The molecule has 0 amide bonds. The molecule has 0 aliphatic heterocycles. The lowest BCUT2D eigenvalue weighted by atomic mass is 9.54. The fourth-order valence-electron chi connectivity index (χ4n) is 3.84. The summed E-state index contributed by atoms with van der Waals surface area (Å²) in [4.78, 5) is 0. The van der Waals surface area contributed by atoms with Crippen LogP contribution in [0.15, 0.2) is 48.5 Å². The van der Waals surface area contributed by atoms with E-state index in [4.69, 9.17) is 9.47 Å². The van der Waals surface area contributed by atoms with Gasteiger partial charge < -0.3 is 9.47 Å². The molecule has 1 saturated carbocycles. The van der Waals surface area contributed by atoms with Gasteiger partial charge >= 0.3 is 0 Å². The minimum atomic E-state index is 0.578. The van der Waals surface area contributed by atoms with E-state index in [1.165, 1.54) is 11.1 Å². The third kappa shape index (κ3) is 2.47. The highest BCUT2D eigenvalue weighted by molar-refractivity contribution is 5.39. The maximum absolute atomic E-state index is 5.27. The van der Waals surface area contributed by atoms with Crippen molar-refractivity contribution in [1.82, 2.24) is 0 Å². The highest BCUT2D eigenvalue weighted by Crippen LogP contribution is 2.57. The molecular formula is C20H24O2. The van der Waals surface area contributed by atoms with E-state index in [9.17, 15) is 0 Å². The first-order valence-corrected chi connectivity index (χ1v) is 7.93. The largest absolute Gasteiger partial charge is 0.497 e. The average Bonchev–Trinajstić information content (AvgIpc) is 2.59. The van der Waals surface area contributed by atoms with Gasteiger partial charge in [-0.3, -0.25) is 0 Å². The second-order valence-electron chi connectivity index (χ2n) is 6.32. The van der Waals surface area contributed by atoms with Crippen molar-refractivity contribution in [2.75, 3.05) is 14.2 Å². The van der Waals surface area contributed by atoms with Gasteiger partial charge in [-0.05, 0) is 59.1 Å². The molecule has 4 atom stereocenters. The summed E-state index contributed by atoms with van der Waals surface area (Å²) in [5, 5.41) is 0. The highest BCUT2D eigenvalue weighted by atomic mass is 16.5. The molecule has 0 radical (unpaired) electrons. The normalized spacial score (nSPS) is 27.1. The van der Waals surface area contributed by atoms with Crippen LogP contribution in [0.5, 0.6) is 11.5 Å². The monoisotopic (exact) mass is 296 g/mol. The third-order valence-corrected chi connectivity index (χ3v) is 5.35. The SMILES string of the molecule is COc1ccc([C@H]2[C@H](C)[C@@H](C)[C@@H]2c2ccc(OC)cc2)cc1. The Morgan fingerprint density at radius 2 is 0.909 bits per heavy atom. The summed E-state index contributed by atoms with van der Waals surface area (Å²) in [5.74, 6) is 4.39. The molecule has 0 aromatic heterocycles. The molecule has 2 aromatic carbocycles. The first-order valence-electron chi connectivity index (χ1n) is 7.93. The number of methoxy groups -OCH3 is 2. The smallest absolute Gasteiger partial charge is 0.118 e. The summed E-state index contributed by atoms with van der Waals surface area (Å²) < 4.78 is 10.5. The van der Waals surface area contributed by atoms with Crippen LogP contribution in [-0.2, 0) is 0 Å². The molecule has 0 saturated heterocycles. The van der Waals surface area contributed by atoms with Crippen molar-refractivity contribution in [3.8, 4) is 11.5 Å². The van der Waals surface area contributed by atoms with E-state index >= 15 is 0 Å². The molecule has 2 nitrogen and oxygen atoms in total. The lowest BCUT2D eigenvalue weighted by Gasteiger charge is -2.50. The van der Waals surface area contributed by atoms with Crippen LogP contribution in [0.2, 0.25) is 0 Å². The fourth-order valence-corrected chi connectivity index (χ4v) is 3.84. The predicted molar refractivity (Wildman–Crippen MR) is 89.8 cm³/mol. The Bertz CT molecular complexity index is 558. The molecule has 0 N–H and O–H groups in total. The molecular weight excluding hydrogens is 272 g/mol. The zero-order valence-electron chi connectivity index (χ0n) is 13.7. The van der Waals surface area contributed by atoms with Crippen molar-refractivity contribution in [1.29, 1.82) is 0 Å². The minimum Gasteiger partial charge on any atom is -0.497 e. The molecule has 3 rings (SSSR count). The molecule has 116 valence electrons. The second kappa shape index (κ2) is 6.04. The standard InChI is InChI=1S/C20H24O2/c1-13-14(2)20(16-7-11-18(22-4)12-8-16)19(13)15-5-9-17(21-3)10-6-15/h5-14,19-20H,1-4H3/t13-,14-,19-,20-/m1/s1. The van der Waals surface area contributed by atoms with Crippen molar-refractivity contribution in [3.63, 3.8) is 0 Å². The Balaban J connectivity index is 1.88. The van der Waals surface area contributed by atoms with Gasteiger partial charge in [-0.15, -0.1) is 0 Å². The first kappa shape index (κ1) is 15.0. The Morgan fingerprint density at radius 3 is 1.18 bits per heavy atom. The van der Waals surface area contributed by atoms with Gasteiger partial charge in [0.25, 0.3) is 0 Å². The van der Waals surface area contributed by atoms with Gasteiger partial charge in [0.05, 0.1) is 14.2 Å². The fraction of sp³-hybridized carbons (Fsp3) is 0.400. The molecule has 1 fully saturated rings. The topological polar surface area (TPSA) is 18.5 Å². The van der Waals surface area contributed by atoms with E-state index < -0.39 is 0 Å². The second-order valence-corrected chi connectivity index (χ2v) is 6.32. The number of benzene rings is 2. The molecule has 2 heteroatoms. The molecule has 0 unspecified atom stereocenters. The van der Waals surface area contributed by atoms with Crippen LogP contribution in [0.4, 0.5) is 0 Å². The Kier molecular flexibility index (Phi) is 4.10. The summed E-state index contributed by atoms with van der Waals surface area (Å²) in [7, 11) is 3.42. The van der Waals surface area contributed by atoms with Crippen LogP contribution < -0.4 is 9.47 Å². The highest BCUT2D eigenvalue weighted by Gasteiger charge is 2.46. The van der Waals surface area contributed by atoms with E-state index in [0.717, 1.165) is 11.5 Å². The van der Waals surface area contributed by atoms with Gasteiger partial charge in [0.15, 0.2) is 0 Å². The number of rotatable bonds is 4. The minimum absolute atomic E-state index is 0.578. The van der Waals surface area contributed by atoms with Crippen LogP contribution in [0.25, 0.3) is 0 Å². The van der Waals surface area contributed by atoms with Crippen molar-refractivity contribution in [2.24, 2.45) is 11.8 Å². The van der Waals surface area contributed by atoms with Gasteiger partial charge in [0, 0.05) is 0 Å². The van der Waals surface area contributed by atoms with Crippen molar-refractivity contribution < 1.29 is 9.47 Å². The molecule has 0 bridgehead atoms. The Hall–Kier alpha value is -1.96. The van der Waals surface area contributed by atoms with Crippen LogP contribution in [0.3, 0.4) is 0 Å². The van der Waals surface area contributed by atoms with Gasteiger partial charge in [-0.25, -0.2) is 0 Å². The van der Waals surface area contributed by atoms with E-state index in [-0.39, 0.29) is 0 Å². The third-order valence-electron chi connectivity index (χ3n) is 5.35. The number of hydrogen-bond donors (Lipinski definition) is 0. The number of ether oxygens (including phenoxy) is 2.